The van der Waals surface area contributed by atoms with Crippen LogP contribution in [0.25, 0.3) is 22.2 Å². The number of aliphatic hydroxyl groups is 1. The number of aryl methyl sites for hydroxylation is 1. The summed E-state index contributed by atoms with van der Waals surface area (Å²) in [5.41, 5.74) is 13.1. The summed E-state index contributed by atoms with van der Waals surface area (Å²) < 4.78 is 65.6. The SMILES string of the molecule is Nc1nc2c(ncn2[C@@H]2O[C@@H]3COP(=O)(S)O[C@H]4[C@@H](O)[C@H](n5cc6c7c(ncnc75)NCCC6)O[C@@H]4COP(=O)(S)O[C@@H]2[C@@H]3N)c(=O)[nH]1. The van der Waals surface area contributed by atoms with Gasteiger partial charge in [0.2, 0.25) is 5.95 Å². The number of aromatic nitrogens is 7. The molecule has 2 bridgehead atoms. The first-order valence-electron chi connectivity index (χ1n) is 14.8. The number of anilines is 2. The van der Waals surface area contributed by atoms with Crippen LogP contribution in [0.2, 0.25) is 0 Å². The normalized spacial score (nSPS) is 37.3. The van der Waals surface area contributed by atoms with E-state index in [4.69, 9.17) is 39.0 Å². The maximum Gasteiger partial charge on any atom is 0.386 e. The highest BCUT2D eigenvalue weighted by Gasteiger charge is 2.53. The Labute approximate surface area is 280 Å². The minimum Gasteiger partial charge on any atom is -0.386 e. The molecular formula is C24H30N10O10P2S2. The van der Waals surface area contributed by atoms with Gasteiger partial charge < -0.3 is 35.9 Å². The molecule has 3 saturated heterocycles. The van der Waals surface area contributed by atoms with E-state index >= 15 is 0 Å². The van der Waals surface area contributed by atoms with Gasteiger partial charge in [-0.1, -0.05) is 24.5 Å². The van der Waals surface area contributed by atoms with Gasteiger partial charge in [-0.25, -0.2) is 24.1 Å². The Balaban J connectivity index is 1.11. The molecule has 8 heterocycles. The highest BCUT2D eigenvalue weighted by atomic mass is 32.7. The maximum absolute atomic E-state index is 13.7. The predicted molar refractivity (Wildman–Crippen MR) is 174 cm³/mol. The number of hydrogen-bond acceptors (Lipinski definition) is 17. The summed E-state index contributed by atoms with van der Waals surface area (Å²) in [6, 6.07) is -1.07. The van der Waals surface area contributed by atoms with Crippen molar-refractivity contribution in [1.82, 2.24) is 34.1 Å². The molecular weight excluding hydrogens is 714 g/mol. The molecule has 0 aromatic carbocycles. The first-order chi connectivity index (χ1) is 22.9. The van der Waals surface area contributed by atoms with Crippen LogP contribution in [0.3, 0.4) is 0 Å². The fourth-order valence-electron chi connectivity index (χ4n) is 6.46. The largest absolute Gasteiger partial charge is 0.386 e. The van der Waals surface area contributed by atoms with Crippen LogP contribution in [-0.2, 0) is 43.1 Å². The predicted octanol–water partition coefficient (Wildman–Crippen LogP) is 0.881. The van der Waals surface area contributed by atoms with Crippen LogP contribution < -0.4 is 22.3 Å². The molecule has 4 aliphatic heterocycles. The first-order valence-corrected chi connectivity index (χ1v) is 20.1. The zero-order valence-corrected chi connectivity index (χ0v) is 28.2. The molecule has 4 aromatic heterocycles. The van der Waals surface area contributed by atoms with Crippen molar-refractivity contribution in [3.8, 4) is 0 Å². The van der Waals surface area contributed by atoms with E-state index in [1.807, 2.05) is 6.20 Å². The molecule has 0 spiro atoms. The second-order valence-electron chi connectivity index (χ2n) is 11.7. The Bertz CT molecular complexity index is 2060. The number of hydrogen-bond donors (Lipinski definition) is 7. The molecule has 10 atom stereocenters. The average Bonchev–Trinajstić information content (AvgIpc) is 3.73. The van der Waals surface area contributed by atoms with Crippen molar-refractivity contribution in [2.75, 3.05) is 30.8 Å². The summed E-state index contributed by atoms with van der Waals surface area (Å²) in [5, 5.41) is 15.6. The van der Waals surface area contributed by atoms with Crippen LogP contribution in [0, 0.1) is 0 Å². The van der Waals surface area contributed by atoms with E-state index in [9.17, 15) is 19.0 Å². The lowest BCUT2D eigenvalue weighted by atomic mass is 10.1. The van der Waals surface area contributed by atoms with Crippen molar-refractivity contribution in [3.05, 3.63) is 34.8 Å². The number of ether oxygens (including phenoxy) is 2. The zero-order chi connectivity index (χ0) is 33.5. The fourth-order valence-corrected chi connectivity index (χ4v) is 9.42. The van der Waals surface area contributed by atoms with Gasteiger partial charge in [-0.05, 0) is 18.4 Å². The van der Waals surface area contributed by atoms with Gasteiger partial charge in [0.05, 0.1) is 31.0 Å². The van der Waals surface area contributed by atoms with Crippen LogP contribution in [0.4, 0.5) is 11.8 Å². The van der Waals surface area contributed by atoms with Crippen molar-refractivity contribution in [2.45, 2.75) is 61.9 Å². The Kier molecular flexibility index (Phi) is 8.17. The second-order valence-corrected chi connectivity index (χ2v) is 17.4. The van der Waals surface area contributed by atoms with E-state index in [0.29, 0.717) is 11.5 Å². The van der Waals surface area contributed by atoms with Gasteiger partial charge >= 0.3 is 13.6 Å². The van der Waals surface area contributed by atoms with Crippen LogP contribution in [0.15, 0.2) is 23.6 Å². The molecule has 0 amide bonds. The Morgan fingerprint density at radius 2 is 1.71 bits per heavy atom. The maximum atomic E-state index is 13.7. The van der Waals surface area contributed by atoms with Gasteiger partial charge in [0.25, 0.3) is 5.56 Å². The number of nitrogens with two attached hydrogens (primary N) is 2. The molecule has 2 unspecified atom stereocenters. The molecule has 4 aromatic rings. The standard InChI is InChI=1S/C24H30N10O10P2S2/c25-13-10-5-39-45(37,47)43-16-11(42-22(15(16)35)33-4-9-2-1-3-27-18-12(9)19(33)29-7-28-18)6-40-46(38,48)44-17(13)23(41-10)34-8-30-14-20(34)31-24(26)32-21(14)36/h4,7-8,10-11,13,15-17,22-23,35H,1-3,5-6,25H2,(H,37,47)(H,38,48)(H,27,28,29)(H3,26,31,32,36)/t10-,11-,13-,15-,16-,17-,22-,23-,45?,46?/m1/s1. The van der Waals surface area contributed by atoms with Gasteiger partial charge in [-0.3, -0.25) is 32.4 Å². The topological polar surface area (TPSA) is 268 Å². The van der Waals surface area contributed by atoms with E-state index in [0.717, 1.165) is 30.3 Å². The minimum atomic E-state index is -4.28. The summed E-state index contributed by atoms with van der Waals surface area (Å²) >= 11 is 8.35. The number of aromatic amines is 1. The highest BCUT2D eigenvalue weighted by Crippen LogP contribution is 2.60. The van der Waals surface area contributed by atoms with E-state index < -0.39 is 81.4 Å². The Morgan fingerprint density at radius 1 is 0.979 bits per heavy atom. The molecule has 8 rings (SSSR count). The molecule has 7 N–H and O–H groups in total. The van der Waals surface area contributed by atoms with Gasteiger partial charge in [0.1, 0.15) is 48.3 Å². The Hall–Kier alpha value is -2.59. The number of nitrogens with zero attached hydrogens (tertiary/aromatic N) is 6. The molecule has 48 heavy (non-hydrogen) atoms. The van der Waals surface area contributed by atoms with Gasteiger partial charge in [0, 0.05) is 12.7 Å². The molecule has 20 nitrogen and oxygen atoms in total. The third kappa shape index (κ3) is 5.66. The summed E-state index contributed by atoms with van der Waals surface area (Å²) in [7, 11) is 0. The summed E-state index contributed by atoms with van der Waals surface area (Å²) in [5.74, 6) is 0.473. The lowest BCUT2D eigenvalue weighted by molar-refractivity contribution is -0.0570. The van der Waals surface area contributed by atoms with Gasteiger partial charge in [-0.15, -0.1) is 0 Å². The molecule has 0 saturated carbocycles. The quantitative estimate of drug-likeness (QED) is 0.111. The Morgan fingerprint density at radius 3 is 2.50 bits per heavy atom. The third-order valence-electron chi connectivity index (χ3n) is 8.63. The first kappa shape index (κ1) is 32.6. The average molecular weight is 745 g/mol. The van der Waals surface area contributed by atoms with Crippen molar-refractivity contribution in [2.24, 2.45) is 5.73 Å². The molecule has 24 heteroatoms. The van der Waals surface area contributed by atoms with Gasteiger partial charge in [0.15, 0.2) is 23.6 Å². The van der Waals surface area contributed by atoms with Gasteiger partial charge in [-0.2, -0.15) is 4.98 Å². The summed E-state index contributed by atoms with van der Waals surface area (Å²) in [6.07, 6.45) is -2.47. The van der Waals surface area contributed by atoms with E-state index in [2.05, 4.69) is 54.7 Å². The van der Waals surface area contributed by atoms with E-state index in [1.165, 1.54) is 17.2 Å². The van der Waals surface area contributed by atoms with E-state index in [1.54, 1.807) is 4.57 Å². The lowest BCUT2D eigenvalue weighted by Gasteiger charge is -2.26. The number of thiol groups is 2. The second kappa shape index (κ2) is 12.0. The summed E-state index contributed by atoms with van der Waals surface area (Å²) in [6.45, 7) is -8.74. The molecule has 4 aliphatic rings. The van der Waals surface area contributed by atoms with Crippen LogP contribution >= 0.6 is 38.1 Å². The lowest BCUT2D eigenvalue weighted by Crippen LogP contribution is -2.42. The number of H-pyrrole nitrogens is 1. The van der Waals surface area contributed by atoms with Crippen molar-refractivity contribution in [1.29, 1.82) is 0 Å². The molecule has 258 valence electrons. The smallest absolute Gasteiger partial charge is 0.386 e. The number of imidazole rings is 1. The van der Waals surface area contributed by atoms with E-state index in [-0.39, 0.29) is 17.1 Å². The number of nitrogen functional groups attached to an aromatic ring is 1. The number of nitrogens with one attached hydrogen (secondary N) is 2. The number of aliphatic hydroxyl groups excluding tert-OH is 1. The molecule has 0 radical (unpaired) electrons. The number of rotatable bonds is 2. The molecule has 0 aliphatic carbocycles. The van der Waals surface area contributed by atoms with Crippen molar-refractivity contribution < 1.29 is 41.8 Å². The van der Waals surface area contributed by atoms with Crippen LogP contribution in [0.5, 0.6) is 0 Å². The number of fused-ring (bicyclic) bond motifs is 4. The monoisotopic (exact) mass is 744 g/mol. The molecule has 3 fully saturated rings. The summed E-state index contributed by atoms with van der Waals surface area (Å²) in [4.78, 5) is 31.8. The minimum absolute atomic E-state index is 0.0323. The van der Waals surface area contributed by atoms with Crippen LogP contribution in [-0.4, -0.2) is 95.5 Å². The zero-order valence-electron chi connectivity index (χ0n) is 24.6. The fraction of sp³-hybridized carbons (Fsp3) is 0.542. The van der Waals surface area contributed by atoms with Crippen LogP contribution in [0.1, 0.15) is 24.4 Å². The van der Waals surface area contributed by atoms with Crippen molar-refractivity contribution >= 4 is 72.1 Å². The highest BCUT2D eigenvalue weighted by molar-refractivity contribution is 8.44. The third-order valence-corrected chi connectivity index (χ3v) is 11.9. The van der Waals surface area contributed by atoms with Crippen molar-refractivity contribution in [3.63, 3.8) is 0 Å².